The van der Waals surface area contributed by atoms with Crippen molar-refractivity contribution in [2.24, 2.45) is 11.5 Å². The fraction of sp³-hybridized carbons (Fsp3) is 0.714. The maximum atomic E-state index is 11.6. The van der Waals surface area contributed by atoms with Crippen LogP contribution in [0.3, 0.4) is 0 Å². The van der Waals surface area contributed by atoms with Crippen molar-refractivity contribution in [1.82, 2.24) is 4.72 Å². The van der Waals surface area contributed by atoms with Gasteiger partial charge in [0, 0.05) is 0 Å². The number of hydrogen-bond donors (Lipinski definition) is 3. The summed E-state index contributed by atoms with van der Waals surface area (Å²) in [7, 11) is -3.73. The van der Waals surface area contributed by atoms with Crippen molar-refractivity contribution in [1.29, 1.82) is 0 Å². The fourth-order valence-corrected chi connectivity index (χ4v) is 3.02. The van der Waals surface area contributed by atoms with Gasteiger partial charge in [0.25, 0.3) is 0 Å². The van der Waals surface area contributed by atoms with Crippen LogP contribution in [0.5, 0.6) is 0 Å². The minimum absolute atomic E-state index is 0.123. The summed E-state index contributed by atoms with van der Waals surface area (Å²) in [6.07, 6.45) is 0.246. The van der Waals surface area contributed by atoms with E-state index >= 15 is 0 Å². The van der Waals surface area contributed by atoms with Crippen LogP contribution in [0.2, 0.25) is 0 Å². The highest BCUT2D eigenvalue weighted by Gasteiger charge is 2.28. The molecule has 0 aliphatic heterocycles. The van der Waals surface area contributed by atoms with Crippen molar-refractivity contribution in [2.75, 3.05) is 0 Å². The maximum Gasteiger partial charge on any atom is 0.235 e. The van der Waals surface area contributed by atoms with Gasteiger partial charge in [-0.2, -0.15) is 0 Å². The van der Waals surface area contributed by atoms with E-state index < -0.39 is 27.2 Å². The van der Waals surface area contributed by atoms with Crippen molar-refractivity contribution < 1.29 is 13.2 Å². The Morgan fingerprint density at radius 3 is 2.20 bits per heavy atom. The van der Waals surface area contributed by atoms with Gasteiger partial charge in [-0.3, -0.25) is 4.79 Å². The third-order valence-corrected chi connectivity index (χ3v) is 4.28. The number of carbonyl (C=O) groups excluding carboxylic acids is 1. The van der Waals surface area contributed by atoms with Crippen molar-refractivity contribution >= 4 is 33.1 Å². The first-order valence-corrected chi connectivity index (χ1v) is 6.27. The van der Waals surface area contributed by atoms with Crippen LogP contribution in [0.1, 0.15) is 20.3 Å². The summed E-state index contributed by atoms with van der Waals surface area (Å²) < 4.78 is 25.4. The van der Waals surface area contributed by atoms with Gasteiger partial charge in [-0.15, -0.1) is 0 Å². The molecule has 5 N–H and O–H groups in total. The molecule has 0 aliphatic rings. The van der Waals surface area contributed by atoms with Gasteiger partial charge >= 0.3 is 0 Å². The molecular formula is C7H15N3O3S2. The zero-order chi connectivity index (χ0) is 12.2. The van der Waals surface area contributed by atoms with Gasteiger partial charge in [-0.1, -0.05) is 19.1 Å². The third-order valence-electron chi connectivity index (χ3n) is 1.83. The minimum Gasteiger partial charge on any atom is -0.392 e. The Morgan fingerprint density at radius 2 is 1.93 bits per heavy atom. The van der Waals surface area contributed by atoms with Crippen LogP contribution in [0.25, 0.3) is 0 Å². The van der Waals surface area contributed by atoms with Crippen molar-refractivity contribution in [3.8, 4) is 0 Å². The molecule has 2 unspecified atom stereocenters. The molecule has 0 radical (unpaired) electrons. The molecule has 8 heteroatoms. The number of amides is 1. The quantitative estimate of drug-likeness (QED) is 0.517. The molecule has 0 saturated carbocycles. The molecular weight excluding hydrogens is 238 g/mol. The second-order valence-corrected chi connectivity index (χ2v) is 5.45. The van der Waals surface area contributed by atoms with E-state index in [0.29, 0.717) is 0 Å². The van der Waals surface area contributed by atoms with Crippen LogP contribution in [0.4, 0.5) is 0 Å². The third kappa shape index (κ3) is 4.10. The second kappa shape index (κ2) is 5.38. The highest BCUT2D eigenvalue weighted by molar-refractivity contribution is 7.93. The molecule has 0 heterocycles. The Hall–Kier alpha value is -0.730. The summed E-state index contributed by atoms with van der Waals surface area (Å²) in [5.41, 5.74) is 10.2. The Kier molecular flexibility index (Phi) is 5.12. The fourth-order valence-electron chi connectivity index (χ4n) is 0.960. The normalized spacial score (nSPS) is 15.6. The zero-order valence-corrected chi connectivity index (χ0v) is 10.2. The smallest absolute Gasteiger partial charge is 0.235 e. The Labute approximate surface area is 94.4 Å². The van der Waals surface area contributed by atoms with Gasteiger partial charge in [-0.05, 0) is 13.3 Å². The van der Waals surface area contributed by atoms with Gasteiger partial charge in [0.15, 0.2) is 0 Å². The van der Waals surface area contributed by atoms with Crippen LogP contribution >= 0.6 is 12.2 Å². The highest BCUT2D eigenvalue weighted by atomic mass is 32.2. The topological polar surface area (TPSA) is 115 Å². The summed E-state index contributed by atoms with van der Waals surface area (Å²) >= 11 is 4.63. The van der Waals surface area contributed by atoms with Crippen molar-refractivity contribution in [3.63, 3.8) is 0 Å². The van der Waals surface area contributed by atoms with E-state index in [9.17, 15) is 13.2 Å². The molecule has 0 rings (SSSR count). The lowest BCUT2D eigenvalue weighted by molar-refractivity contribution is -0.119. The molecule has 0 aromatic carbocycles. The standard InChI is InChI=1S/C7H15N3O3S2/c1-3-5(7(9)14)15(12,13)10-4(2)6(8)11/h4-5,10H,3H2,1-2H3,(H2,8,11)(H2,9,14). The van der Waals surface area contributed by atoms with Crippen LogP contribution in [-0.4, -0.2) is 30.6 Å². The number of hydrogen-bond acceptors (Lipinski definition) is 4. The van der Waals surface area contributed by atoms with Gasteiger partial charge < -0.3 is 11.5 Å². The van der Waals surface area contributed by atoms with E-state index in [1.165, 1.54) is 6.92 Å². The Balaban J connectivity index is 4.82. The summed E-state index contributed by atoms with van der Waals surface area (Å²) in [4.78, 5) is 10.6. The molecule has 2 atom stereocenters. The molecule has 6 nitrogen and oxygen atoms in total. The van der Waals surface area contributed by atoms with Crippen molar-refractivity contribution in [3.05, 3.63) is 0 Å². The van der Waals surface area contributed by atoms with E-state index in [1.807, 2.05) is 0 Å². The number of thiocarbonyl (C=S) groups is 1. The molecule has 0 fully saturated rings. The molecule has 1 amide bonds. The first-order valence-electron chi connectivity index (χ1n) is 4.32. The van der Waals surface area contributed by atoms with Crippen LogP contribution in [-0.2, 0) is 14.8 Å². The SMILES string of the molecule is CCC(C(N)=S)S(=O)(=O)NC(C)C(N)=O. The number of carbonyl (C=O) groups is 1. The summed E-state index contributed by atoms with van der Waals surface area (Å²) in [5, 5.41) is -0.978. The first kappa shape index (κ1) is 14.3. The van der Waals surface area contributed by atoms with E-state index in [0.717, 1.165) is 0 Å². The minimum atomic E-state index is -3.73. The van der Waals surface area contributed by atoms with Crippen LogP contribution in [0, 0.1) is 0 Å². The van der Waals surface area contributed by atoms with Gasteiger partial charge in [0.2, 0.25) is 15.9 Å². The van der Waals surface area contributed by atoms with E-state index in [-0.39, 0.29) is 11.4 Å². The van der Waals surface area contributed by atoms with E-state index in [4.69, 9.17) is 11.5 Å². The zero-order valence-electron chi connectivity index (χ0n) is 8.56. The molecule has 0 aromatic rings. The van der Waals surface area contributed by atoms with Crippen molar-refractivity contribution in [2.45, 2.75) is 31.6 Å². The molecule has 88 valence electrons. The summed E-state index contributed by atoms with van der Waals surface area (Å²) in [6.45, 7) is 2.99. The lowest BCUT2D eigenvalue weighted by Crippen LogP contribution is -2.48. The second-order valence-electron chi connectivity index (χ2n) is 3.09. The largest absolute Gasteiger partial charge is 0.392 e. The average molecular weight is 253 g/mol. The van der Waals surface area contributed by atoms with Gasteiger partial charge in [0.1, 0.15) is 5.25 Å². The maximum absolute atomic E-state index is 11.6. The molecule has 0 aliphatic carbocycles. The highest BCUT2D eigenvalue weighted by Crippen LogP contribution is 2.05. The number of sulfonamides is 1. The molecule has 0 spiro atoms. The monoisotopic (exact) mass is 253 g/mol. The predicted molar refractivity (Wildman–Crippen MR) is 61.6 cm³/mol. The molecule has 15 heavy (non-hydrogen) atoms. The lowest BCUT2D eigenvalue weighted by atomic mass is 10.3. The average Bonchev–Trinajstić information content (AvgIpc) is 2.02. The Bertz CT molecular complexity index is 352. The number of primary amides is 1. The number of rotatable bonds is 6. The van der Waals surface area contributed by atoms with Crippen LogP contribution < -0.4 is 16.2 Å². The predicted octanol–water partition coefficient (Wildman–Crippen LogP) is -1.16. The molecule has 0 saturated heterocycles. The number of nitrogens with two attached hydrogens (primary N) is 2. The van der Waals surface area contributed by atoms with Crippen LogP contribution in [0.15, 0.2) is 0 Å². The summed E-state index contributed by atoms with van der Waals surface area (Å²) in [5.74, 6) is -0.753. The summed E-state index contributed by atoms with van der Waals surface area (Å²) in [6, 6.07) is -0.974. The molecule has 0 aromatic heterocycles. The van der Waals surface area contributed by atoms with Gasteiger partial charge in [0.05, 0.1) is 11.0 Å². The Morgan fingerprint density at radius 1 is 1.47 bits per heavy atom. The number of nitrogens with one attached hydrogen (secondary N) is 1. The van der Waals surface area contributed by atoms with E-state index in [1.54, 1.807) is 6.92 Å². The van der Waals surface area contributed by atoms with E-state index in [2.05, 4.69) is 16.9 Å². The molecule has 0 bridgehead atoms. The first-order chi connectivity index (χ1) is 6.72. The lowest BCUT2D eigenvalue weighted by Gasteiger charge is -2.17. The van der Waals surface area contributed by atoms with Gasteiger partial charge in [-0.25, -0.2) is 13.1 Å².